The van der Waals surface area contributed by atoms with Crippen LogP contribution in [0.3, 0.4) is 0 Å². The molecule has 2 atom stereocenters. The molecule has 2 fully saturated rings. The lowest BCUT2D eigenvalue weighted by molar-refractivity contribution is -0.143. The molecule has 0 radical (unpaired) electrons. The number of carboxylic acid groups (broad SMARTS) is 1. The molecule has 2 aliphatic heterocycles. The Kier molecular flexibility index (Phi) is 3.76. The number of nitrogens with one attached hydrogen (secondary N) is 1. The van der Waals surface area contributed by atoms with Gasteiger partial charge in [-0.1, -0.05) is 12.5 Å². The molecule has 2 unspecified atom stereocenters. The fourth-order valence-corrected chi connectivity index (χ4v) is 3.71. The van der Waals surface area contributed by atoms with Crippen LogP contribution in [0.5, 0.6) is 5.75 Å². The molecule has 0 spiro atoms. The SMILES string of the molecule is COc1cccc(NC2(C(=O)O)CCN3CCCCC32)c1. The molecule has 1 aromatic carbocycles. The van der Waals surface area contributed by atoms with E-state index in [1.807, 2.05) is 24.3 Å². The molecule has 0 amide bonds. The average molecular weight is 290 g/mol. The number of carboxylic acids is 1. The Morgan fingerprint density at radius 1 is 1.43 bits per heavy atom. The Bertz CT molecular complexity index is 534. The van der Waals surface area contributed by atoms with Gasteiger partial charge in [-0.25, -0.2) is 4.79 Å². The van der Waals surface area contributed by atoms with Crippen molar-refractivity contribution in [1.82, 2.24) is 4.90 Å². The molecule has 2 heterocycles. The fraction of sp³-hybridized carbons (Fsp3) is 0.562. The van der Waals surface area contributed by atoms with Crippen LogP contribution < -0.4 is 10.1 Å². The smallest absolute Gasteiger partial charge is 0.331 e. The van der Waals surface area contributed by atoms with Gasteiger partial charge in [0.15, 0.2) is 5.54 Å². The maximum atomic E-state index is 12.0. The predicted molar refractivity (Wildman–Crippen MR) is 80.8 cm³/mol. The third-order valence-corrected chi connectivity index (χ3v) is 4.79. The Morgan fingerprint density at radius 3 is 3.05 bits per heavy atom. The highest BCUT2D eigenvalue weighted by Crippen LogP contribution is 2.38. The summed E-state index contributed by atoms with van der Waals surface area (Å²) in [6.45, 7) is 1.87. The van der Waals surface area contributed by atoms with Crippen LogP contribution in [-0.4, -0.2) is 47.8 Å². The first-order chi connectivity index (χ1) is 10.2. The third kappa shape index (κ3) is 2.46. The standard InChI is InChI=1S/C16H22N2O3/c1-21-13-6-4-5-12(11-13)17-16(15(19)20)8-10-18-9-3-2-7-14(16)18/h4-6,11,14,17H,2-3,7-10H2,1H3,(H,19,20). The molecule has 5 heteroatoms. The largest absolute Gasteiger partial charge is 0.497 e. The van der Waals surface area contributed by atoms with Crippen molar-refractivity contribution in [3.63, 3.8) is 0 Å². The Balaban J connectivity index is 1.89. The van der Waals surface area contributed by atoms with Crippen molar-refractivity contribution < 1.29 is 14.6 Å². The number of hydrogen-bond acceptors (Lipinski definition) is 4. The van der Waals surface area contributed by atoms with Gasteiger partial charge in [0.05, 0.1) is 7.11 Å². The van der Waals surface area contributed by atoms with Crippen LogP contribution >= 0.6 is 0 Å². The summed E-state index contributed by atoms with van der Waals surface area (Å²) in [6.07, 6.45) is 3.87. The van der Waals surface area contributed by atoms with Gasteiger partial charge in [-0.2, -0.15) is 0 Å². The summed E-state index contributed by atoms with van der Waals surface area (Å²) >= 11 is 0. The number of ether oxygens (including phenoxy) is 1. The van der Waals surface area contributed by atoms with E-state index >= 15 is 0 Å². The summed E-state index contributed by atoms with van der Waals surface area (Å²) in [6, 6.07) is 7.58. The van der Waals surface area contributed by atoms with Crippen LogP contribution in [0.4, 0.5) is 5.69 Å². The first-order valence-electron chi connectivity index (χ1n) is 7.55. The van der Waals surface area contributed by atoms with E-state index in [9.17, 15) is 9.90 Å². The van der Waals surface area contributed by atoms with Crippen LogP contribution in [0.2, 0.25) is 0 Å². The highest BCUT2D eigenvalue weighted by Gasteiger charge is 2.53. The summed E-state index contributed by atoms with van der Waals surface area (Å²) in [5.41, 5.74) is -0.0727. The van der Waals surface area contributed by atoms with E-state index < -0.39 is 11.5 Å². The number of piperidine rings is 1. The van der Waals surface area contributed by atoms with Crippen LogP contribution in [0.1, 0.15) is 25.7 Å². The van der Waals surface area contributed by atoms with Crippen molar-refractivity contribution in [3.05, 3.63) is 24.3 Å². The predicted octanol–water partition coefficient (Wildman–Crippen LogP) is 2.19. The Hall–Kier alpha value is -1.75. The lowest BCUT2D eigenvalue weighted by atomic mass is 9.85. The maximum Gasteiger partial charge on any atom is 0.331 e. The van der Waals surface area contributed by atoms with Gasteiger partial charge in [0.1, 0.15) is 5.75 Å². The van der Waals surface area contributed by atoms with Gasteiger partial charge in [0.25, 0.3) is 0 Å². The summed E-state index contributed by atoms with van der Waals surface area (Å²) in [4.78, 5) is 14.3. The molecule has 1 aromatic rings. The number of anilines is 1. The van der Waals surface area contributed by atoms with E-state index in [1.165, 1.54) is 6.42 Å². The van der Waals surface area contributed by atoms with Crippen molar-refractivity contribution >= 4 is 11.7 Å². The molecule has 2 aliphatic rings. The van der Waals surface area contributed by atoms with Gasteiger partial charge in [0, 0.05) is 24.3 Å². The lowest BCUT2D eigenvalue weighted by Crippen LogP contribution is -2.57. The second kappa shape index (κ2) is 5.56. The maximum absolute atomic E-state index is 12.0. The fourth-order valence-electron chi connectivity index (χ4n) is 3.71. The van der Waals surface area contributed by atoms with E-state index in [4.69, 9.17) is 4.74 Å². The Labute approximate surface area is 124 Å². The van der Waals surface area contributed by atoms with Gasteiger partial charge in [0.2, 0.25) is 0 Å². The summed E-state index contributed by atoms with van der Waals surface area (Å²) in [5, 5.41) is 13.2. The number of methoxy groups -OCH3 is 1. The number of carbonyl (C=O) groups is 1. The zero-order valence-corrected chi connectivity index (χ0v) is 12.3. The van der Waals surface area contributed by atoms with Gasteiger partial charge in [-0.3, -0.25) is 4.90 Å². The lowest BCUT2D eigenvalue weighted by Gasteiger charge is -2.39. The number of nitrogens with zero attached hydrogens (tertiary/aromatic N) is 1. The van der Waals surface area contributed by atoms with E-state index in [-0.39, 0.29) is 6.04 Å². The summed E-state index contributed by atoms with van der Waals surface area (Å²) < 4.78 is 5.22. The summed E-state index contributed by atoms with van der Waals surface area (Å²) in [5.74, 6) is -0.0150. The average Bonchev–Trinajstić information content (AvgIpc) is 2.88. The molecule has 0 bridgehead atoms. The molecule has 3 rings (SSSR count). The Morgan fingerprint density at radius 2 is 2.29 bits per heavy atom. The molecular weight excluding hydrogens is 268 g/mol. The normalized spacial score (nSPS) is 28.9. The molecular formula is C16H22N2O3. The molecule has 2 saturated heterocycles. The minimum Gasteiger partial charge on any atom is -0.497 e. The van der Waals surface area contributed by atoms with Crippen molar-refractivity contribution in [3.8, 4) is 5.75 Å². The second-order valence-electron chi connectivity index (χ2n) is 5.93. The molecule has 114 valence electrons. The molecule has 0 saturated carbocycles. The zero-order chi connectivity index (χ0) is 14.9. The third-order valence-electron chi connectivity index (χ3n) is 4.79. The van der Waals surface area contributed by atoms with Crippen LogP contribution in [0.25, 0.3) is 0 Å². The molecule has 0 aromatic heterocycles. The number of fused-ring (bicyclic) bond motifs is 1. The number of aliphatic carboxylic acids is 1. The minimum atomic E-state index is -0.882. The summed E-state index contributed by atoms with van der Waals surface area (Å²) in [7, 11) is 1.62. The van der Waals surface area contributed by atoms with Crippen molar-refractivity contribution in [2.24, 2.45) is 0 Å². The van der Waals surface area contributed by atoms with Crippen molar-refractivity contribution in [1.29, 1.82) is 0 Å². The number of benzene rings is 1. The highest BCUT2D eigenvalue weighted by atomic mass is 16.5. The van der Waals surface area contributed by atoms with Gasteiger partial charge < -0.3 is 15.2 Å². The minimum absolute atomic E-state index is 0.0787. The van der Waals surface area contributed by atoms with E-state index in [0.717, 1.165) is 37.4 Å². The molecule has 5 nitrogen and oxygen atoms in total. The monoisotopic (exact) mass is 290 g/mol. The topological polar surface area (TPSA) is 61.8 Å². The number of hydrogen-bond donors (Lipinski definition) is 2. The van der Waals surface area contributed by atoms with Crippen LogP contribution in [0, 0.1) is 0 Å². The van der Waals surface area contributed by atoms with E-state index in [2.05, 4.69) is 10.2 Å². The quantitative estimate of drug-likeness (QED) is 0.890. The van der Waals surface area contributed by atoms with Crippen molar-refractivity contribution in [2.45, 2.75) is 37.3 Å². The second-order valence-corrected chi connectivity index (χ2v) is 5.93. The number of rotatable bonds is 4. The molecule has 2 N–H and O–H groups in total. The van der Waals surface area contributed by atoms with E-state index in [0.29, 0.717) is 6.42 Å². The van der Waals surface area contributed by atoms with Gasteiger partial charge >= 0.3 is 5.97 Å². The van der Waals surface area contributed by atoms with Crippen molar-refractivity contribution in [2.75, 3.05) is 25.5 Å². The van der Waals surface area contributed by atoms with Crippen LogP contribution in [0.15, 0.2) is 24.3 Å². The van der Waals surface area contributed by atoms with Gasteiger partial charge in [-0.15, -0.1) is 0 Å². The first kappa shape index (κ1) is 14.2. The zero-order valence-electron chi connectivity index (χ0n) is 12.3. The first-order valence-corrected chi connectivity index (χ1v) is 7.55. The van der Waals surface area contributed by atoms with Crippen LogP contribution in [-0.2, 0) is 4.79 Å². The molecule has 0 aliphatic carbocycles. The highest BCUT2D eigenvalue weighted by molar-refractivity contribution is 5.84. The molecule has 21 heavy (non-hydrogen) atoms. The van der Waals surface area contributed by atoms with Gasteiger partial charge in [-0.05, 0) is 37.9 Å². The van der Waals surface area contributed by atoms with E-state index in [1.54, 1.807) is 7.11 Å².